The Hall–Kier alpha value is -2.57. The molecule has 0 unspecified atom stereocenters. The molecule has 7 nitrogen and oxygen atoms in total. The second kappa shape index (κ2) is 8.28. The third-order valence-corrected chi connectivity index (χ3v) is 6.77. The Labute approximate surface area is 178 Å². The molecular formula is C23H32N4O3. The van der Waals surface area contributed by atoms with Crippen LogP contribution >= 0.6 is 0 Å². The largest absolute Gasteiger partial charge is 0.352 e. The van der Waals surface area contributed by atoms with E-state index in [1.807, 2.05) is 49.1 Å². The number of amides is 3. The van der Waals surface area contributed by atoms with E-state index in [-0.39, 0.29) is 36.2 Å². The molecule has 4 rings (SSSR count). The van der Waals surface area contributed by atoms with Crippen LogP contribution in [-0.4, -0.2) is 65.4 Å². The predicted molar refractivity (Wildman–Crippen MR) is 115 cm³/mol. The van der Waals surface area contributed by atoms with Crippen molar-refractivity contribution in [1.82, 2.24) is 15.1 Å². The molecule has 1 atom stereocenters. The van der Waals surface area contributed by atoms with Crippen LogP contribution in [0.3, 0.4) is 0 Å². The number of rotatable bonds is 6. The van der Waals surface area contributed by atoms with Crippen molar-refractivity contribution in [2.24, 2.45) is 5.92 Å². The van der Waals surface area contributed by atoms with Gasteiger partial charge in [-0.05, 0) is 51.2 Å². The monoisotopic (exact) mass is 412 g/mol. The van der Waals surface area contributed by atoms with Gasteiger partial charge < -0.3 is 20.0 Å². The Morgan fingerprint density at radius 2 is 1.83 bits per heavy atom. The molecule has 1 spiro atoms. The summed E-state index contributed by atoms with van der Waals surface area (Å²) in [5.74, 6) is 0.323. The maximum atomic E-state index is 13.6. The van der Waals surface area contributed by atoms with E-state index in [0.29, 0.717) is 32.6 Å². The first kappa shape index (κ1) is 20.7. The molecule has 1 aromatic carbocycles. The Morgan fingerprint density at radius 3 is 2.43 bits per heavy atom. The molecule has 3 fully saturated rings. The molecular weight excluding hydrogens is 380 g/mol. The number of piperidine rings is 1. The van der Waals surface area contributed by atoms with Gasteiger partial charge in [0.1, 0.15) is 12.1 Å². The van der Waals surface area contributed by atoms with Gasteiger partial charge in [0.2, 0.25) is 11.8 Å². The van der Waals surface area contributed by atoms with Gasteiger partial charge >= 0.3 is 0 Å². The molecule has 30 heavy (non-hydrogen) atoms. The summed E-state index contributed by atoms with van der Waals surface area (Å²) in [6.07, 6.45) is 4.04. The molecule has 0 radical (unpaired) electrons. The number of hydrogen-bond donors (Lipinski definition) is 1. The fourth-order valence-electron chi connectivity index (χ4n) is 4.60. The van der Waals surface area contributed by atoms with Crippen molar-refractivity contribution in [2.45, 2.75) is 57.5 Å². The first-order chi connectivity index (χ1) is 14.4. The number of nitrogens with zero attached hydrogens (tertiary/aromatic N) is 3. The first-order valence-electron chi connectivity index (χ1n) is 11.1. The molecule has 0 bridgehead atoms. The topological polar surface area (TPSA) is 73.0 Å². The van der Waals surface area contributed by atoms with Crippen molar-refractivity contribution >= 4 is 23.4 Å². The minimum Gasteiger partial charge on any atom is -0.352 e. The molecule has 7 heteroatoms. The second-order valence-electron chi connectivity index (χ2n) is 8.92. The maximum absolute atomic E-state index is 13.6. The van der Waals surface area contributed by atoms with Crippen LogP contribution in [0, 0.1) is 5.92 Å². The summed E-state index contributed by atoms with van der Waals surface area (Å²) in [5.41, 5.74) is 0.302. The standard InChI is InChI=1S/C23H32N4O3/c1-3-17(2)24-20(28)15-26-16-27(19-7-5-4-6-8-19)23(22(26)30)11-13-25(14-12-23)21(29)18-9-10-18/h4-8,17-18H,3,9-16H2,1-2H3,(H,24,28)/t17-/m0/s1. The first-order valence-corrected chi connectivity index (χ1v) is 11.1. The Bertz CT molecular complexity index is 800. The molecule has 2 aliphatic heterocycles. The van der Waals surface area contributed by atoms with Gasteiger partial charge in [0.15, 0.2) is 0 Å². The van der Waals surface area contributed by atoms with Gasteiger partial charge in [0, 0.05) is 30.7 Å². The highest BCUT2D eigenvalue weighted by atomic mass is 16.2. The van der Waals surface area contributed by atoms with Crippen LogP contribution in [0.25, 0.3) is 0 Å². The Morgan fingerprint density at radius 1 is 1.17 bits per heavy atom. The van der Waals surface area contributed by atoms with Gasteiger partial charge in [0.25, 0.3) is 5.91 Å². The quantitative estimate of drug-likeness (QED) is 0.776. The summed E-state index contributed by atoms with van der Waals surface area (Å²) in [5, 5.41) is 2.96. The molecule has 1 aliphatic carbocycles. The van der Waals surface area contributed by atoms with Crippen LogP contribution in [0.5, 0.6) is 0 Å². The van der Waals surface area contributed by atoms with E-state index in [4.69, 9.17) is 0 Å². The van der Waals surface area contributed by atoms with E-state index in [9.17, 15) is 14.4 Å². The SMILES string of the molecule is CC[C@H](C)NC(=O)CN1CN(c2ccccc2)C2(CCN(C(=O)C3CC3)CC2)C1=O. The van der Waals surface area contributed by atoms with Crippen LogP contribution in [-0.2, 0) is 14.4 Å². The van der Waals surface area contributed by atoms with Crippen molar-refractivity contribution in [3.05, 3.63) is 30.3 Å². The second-order valence-corrected chi connectivity index (χ2v) is 8.92. The van der Waals surface area contributed by atoms with Gasteiger partial charge in [-0.25, -0.2) is 0 Å². The summed E-state index contributed by atoms with van der Waals surface area (Å²) in [6, 6.07) is 10.0. The lowest BCUT2D eigenvalue weighted by Gasteiger charge is -2.43. The van der Waals surface area contributed by atoms with Crippen molar-refractivity contribution in [3.63, 3.8) is 0 Å². The lowest BCUT2D eigenvalue weighted by atomic mass is 9.85. The number of carbonyl (C=O) groups excluding carboxylic acids is 3. The highest BCUT2D eigenvalue weighted by Crippen LogP contribution is 2.40. The van der Waals surface area contributed by atoms with Crippen LogP contribution in [0.2, 0.25) is 0 Å². The van der Waals surface area contributed by atoms with E-state index in [1.165, 1.54) is 0 Å². The van der Waals surface area contributed by atoms with Crippen LogP contribution in [0.1, 0.15) is 46.0 Å². The maximum Gasteiger partial charge on any atom is 0.250 e. The van der Waals surface area contributed by atoms with E-state index in [2.05, 4.69) is 10.2 Å². The number of carbonyl (C=O) groups is 3. The number of hydrogen-bond acceptors (Lipinski definition) is 4. The van der Waals surface area contributed by atoms with Crippen LogP contribution in [0.4, 0.5) is 5.69 Å². The van der Waals surface area contributed by atoms with Gasteiger partial charge in [-0.3, -0.25) is 14.4 Å². The zero-order chi connectivity index (χ0) is 21.3. The fourth-order valence-corrected chi connectivity index (χ4v) is 4.60. The highest BCUT2D eigenvalue weighted by molar-refractivity contribution is 5.96. The van der Waals surface area contributed by atoms with Crippen LogP contribution < -0.4 is 10.2 Å². The molecule has 3 amide bonds. The lowest BCUT2D eigenvalue weighted by molar-refractivity contribution is -0.140. The van der Waals surface area contributed by atoms with Gasteiger partial charge in [-0.2, -0.15) is 0 Å². The molecule has 2 heterocycles. The van der Waals surface area contributed by atoms with Gasteiger partial charge in [0.05, 0.1) is 6.67 Å². The Kier molecular flexibility index (Phi) is 5.71. The number of anilines is 1. The summed E-state index contributed by atoms with van der Waals surface area (Å²) in [6.45, 7) is 5.64. The molecule has 1 N–H and O–H groups in total. The van der Waals surface area contributed by atoms with E-state index >= 15 is 0 Å². The van der Waals surface area contributed by atoms with Crippen molar-refractivity contribution in [1.29, 1.82) is 0 Å². The number of nitrogens with one attached hydrogen (secondary N) is 1. The van der Waals surface area contributed by atoms with Gasteiger partial charge in [-0.1, -0.05) is 25.1 Å². The van der Waals surface area contributed by atoms with Crippen molar-refractivity contribution in [2.75, 3.05) is 31.2 Å². The van der Waals surface area contributed by atoms with Crippen LogP contribution in [0.15, 0.2) is 30.3 Å². The summed E-state index contributed by atoms with van der Waals surface area (Å²) < 4.78 is 0. The average molecular weight is 413 g/mol. The van der Waals surface area contributed by atoms with Crippen molar-refractivity contribution < 1.29 is 14.4 Å². The normalized spacial score (nSPS) is 21.8. The number of para-hydroxylation sites is 1. The third kappa shape index (κ3) is 3.89. The summed E-state index contributed by atoms with van der Waals surface area (Å²) >= 11 is 0. The Balaban J connectivity index is 1.53. The zero-order valence-corrected chi connectivity index (χ0v) is 18.0. The minimum absolute atomic E-state index is 0.00387. The molecule has 2 saturated heterocycles. The number of benzene rings is 1. The fraction of sp³-hybridized carbons (Fsp3) is 0.609. The average Bonchev–Trinajstić information content (AvgIpc) is 3.58. The van der Waals surface area contributed by atoms with Gasteiger partial charge in [-0.15, -0.1) is 0 Å². The van der Waals surface area contributed by atoms with E-state index < -0.39 is 5.54 Å². The smallest absolute Gasteiger partial charge is 0.250 e. The summed E-state index contributed by atoms with van der Waals surface area (Å²) in [4.78, 5) is 44.3. The zero-order valence-electron chi connectivity index (χ0n) is 18.0. The molecule has 0 aromatic heterocycles. The molecule has 1 saturated carbocycles. The van der Waals surface area contributed by atoms with E-state index in [1.54, 1.807) is 4.90 Å². The predicted octanol–water partition coefficient (Wildman–Crippen LogP) is 1.98. The summed E-state index contributed by atoms with van der Waals surface area (Å²) in [7, 11) is 0. The molecule has 162 valence electrons. The number of likely N-dealkylation sites (tertiary alicyclic amines) is 1. The third-order valence-electron chi connectivity index (χ3n) is 6.77. The van der Waals surface area contributed by atoms with Crippen molar-refractivity contribution in [3.8, 4) is 0 Å². The molecule has 1 aromatic rings. The molecule has 3 aliphatic rings. The van der Waals surface area contributed by atoms with E-state index in [0.717, 1.165) is 24.9 Å². The highest BCUT2D eigenvalue weighted by Gasteiger charge is 2.54. The minimum atomic E-state index is -0.682. The lowest BCUT2D eigenvalue weighted by Crippen LogP contribution is -2.57.